The van der Waals surface area contributed by atoms with E-state index >= 15 is 0 Å². The first-order chi connectivity index (χ1) is 13.4. The zero-order valence-corrected chi connectivity index (χ0v) is 17.7. The fourth-order valence-corrected chi connectivity index (χ4v) is 4.03. The van der Waals surface area contributed by atoms with E-state index in [9.17, 15) is 4.79 Å². The summed E-state index contributed by atoms with van der Waals surface area (Å²) in [4.78, 5) is 12.1. The van der Waals surface area contributed by atoms with Gasteiger partial charge in [0.25, 0.3) is 5.91 Å². The molecular weight excluding hydrogens is 398 g/mol. The lowest BCUT2D eigenvalue weighted by molar-refractivity contribution is -0.116. The Bertz CT molecular complexity index is 771. The molecule has 0 aromatic heterocycles. The van der Waals surface area contributed by atoms with Gasteiger partial charge in [-0.15, -0.1) is 0 Å². The largest absolute Gasteiger partial charge is 0.486 e. The van der Waals surface area contributed by atoms with Gasteiger partial charge in [-0.3, -0.25) is 15.6 Å². The van der Waals surface area contributed by atoms with E-state index in [-0.39, 0.29) is 5.91 Å². The molecule has 3 rings (SSSR count). The van der Waals surface area contributed by atoms with E-state index in [0.29, 0.717) is 52.7 Å². The van der Waals surface area contributed by atoms with Crippen LogP contribution in [-0.4, -0.2) is 30.3 Å². The molecule has 6 nitrogen and oxygen atoms in total. The number of ether oxygens (including phenoxy) is 2. The maximum Gasteiger partial charge on any atom is 0.262 e. The number of amides is 1. The molecule has 3 N–H and O–H groups in total. The van der Waals surface area contributed by atoms with Crippen molar-refractivity contribution in [3.63, 3.8) is 0 Å². The van der Waals surface area contributed by atoms with Crippen molar-refractivity contribution in [2.24, 2.45) is 11.8 Å². The molecule has 1 aliphatic carbocycles. The molecule has 1 heterocycles. The van der Waals surface area contributed by atoms with Gasteiger partial charge >= 0.3 is 0 Å². The van der Waals surface area contributed by atoms with Crippen molar-refractivity contribution < 1.29 is 14.3 Å². The Morgan fingerprint density at radius 2 is 2.00 bits per heavy atom. The smallest absolute Gasteiger partial charge is 0.262 e. The summed E-state index contributed by atoms with van der Waals surface area (Å²) in [5, 5.41) is 4.18. The summed E-state index contributed by atoms with van der Waals surface area (Å²) in [5.74, 6) is 2.02. The summed E-state index contributed by atoms with van der Waals surface area (Å²) < 4.78 is 11.0. The van der Waals surface area contributed by atoms with Gasteiger partial charge in [0.05, 0.1) is 5.02 Å². The quantitative estimate of drug-likeness (QED) is 0.393. The summed E-state index contributed by atoms with van der Waals surface area (Å²) in [7, 11) is 0. The van der Waals surface area contributed by atoms with Crippen LogP contribution in [0.25, 0.3) is 6.08 Å². The molecule has 0 bridgehead atoms. The Hall–Kier alpha value is -1.99. The molecule has 1 aromatic carbocycles. The number of carbonyl (C=O) groups excluding carboxylic acids is 1. The first-order valence-electron chi connectivity index (χ1n) is 9.57. The van der Waals surface area contributed by atoms with Crippen LogP contribution in [0.15, 0.2) is 18.2 Å². The molecule has 1 aliphatic heterocycles. The van der Waals surface area contributed by atoms with Gasteiger partial charge in [0.1, 0.15) is 13.2 Å². The molecule has 8 heteroatoms. The molecule has 0 spiro atoms. The van der Waals surface area contributed by atoms with Crippen LogP contribution in [0, 0.1) is 11.8 Å². The highest BCUT2D eigenvalue weighted by molar-refractivity contribution is 7.80. The molecule has 1 amide bonds. The van der Waals surface area contributed by atoms with Crippen molar-refractivity contribution in [2.75, 3.05) is 13.2 Å². The Morgan fingerprint density at radius 3 is 2.82 bits per heavy atom. The third-order valence-electron chi connectivity index (χ3n) is 5.37. The minimum atomic E-state index is -0.319. The van der Waals surface area contributed by atoms with E-state index in [1.54, 1.807) is 18.2 Å². The second-order valence-electron chi connectivity index (χ2n) is 7.32. The van der Waals surface area contributed by atoms with Gasteiger partial charge in [0, 0.05) is 12.1 Å². The predicted octanol–water partition coefficient (Wildman–Crippen LogP) is 3.44. The highest BCUT2D eigenvalue weighted by Crippen LogP contribution is 2.38. The summed E-state index contributed by atoms with van der Waals surface area (Å²) in [6.07, 6.45) is 6.60. The number of hydrogen-bond acceptors (Lipinski definition) is 4. The third kappa shape index (κ3) is 5.29. The molecule has 0 unspecified atom stereocenters. The highest BCUT2D eigenvalue weighted by Gasteiger charge is 2.27. The van der Waals surface area contributed by atoms with Crippen LogP contribution in [-0.2, 0) is 4.79 Å². The summed E-state index contributed by atoms with van der Waals surface area (Å²) in [6.45, 7) is 5.46. The molecule has 152 valence electrons. The lowest BCUT2D eigenvalue weighted by atomic mass is 9.78. The van der Waals surface area contributed by atoms with E-state index < -0.39 is 0 Å². The molecule has 2 aliphatic rings. The molecule has 1 fully saturated rings. The normalized spacial score (nSPS) is 23.9. The molecule has 1 saturated carbocycles. The SMILES string of the molecule is C[C@@H]1[C@H](C)CCC[C@H]1NC(=S)NNC(=O)/C=C/c1cc(Cl)c2c(c1)OCCO2. The number of fused-ring (bicyclic) bond motifs is 1. The number of hydrazine groups is 1. The van der Waals surface area contributed by atoms with Gasteiger partial charge in [-0.05, 0) is 54.2 Å². The van der Waals surface area contributed by atoms with Gasteiger partial charge in [0.15, 0.2) is 16.6 Å². The van der Waals surface area contributed by atoms with Crippen LogP contribution in [0.5, 0.6) is 11.5 Å². The minimum absolute atomic E-state index is 0.319. The maximum atomic E-state index is 12.1. The molecular formula is C20H26ClN3O3S. The third-order valence-corrected chi connectivity index (χ3v) is 5.87. The first-order valence-corrected chi connectivity index (χ1v) is 10.4. The zero-order valence-electron chi connectivity index (χ0n) is 16.1. The van der Waals surface area contributed by atoms with Crippen LogP contribution in [0.1, 0.15) is 38.7 Å². The minimum Gasteiger partial charge on any atom is -0.486 e. The van der Waals surface area contributed by atoms with Crippen molar-refractivity contribution in [1.82, 2.24) is 16.2 Å². The zero-order chi connectivity index (χ0) is 20.1. The van der Waals surface area contributed by atoms with Crippen molar-refractivity contribution in [3.8, 4) is 11.5 Å². The lowest BCUT2D eigenvalue weighted by Gasteiger charge is -2.35. The summed E-state index contributed by atoms with van der Waals surface area (Å²) in [6, 6.07) is 3.84. The second-order valence-corrected chi connectivity index (χ2v) is 8.14. The van der Waals surface area contributed by atoms with E-state index in [1.165, 1.54) is 18.9 Å². The Balaban J connectivity index is 1.49. The van der Waals surface area contributed by atoms with E-state index in [4.69, 9.17) is 33.3 Å². The number of hydrogen-bond donors (Lipinski definition) is 3. The number of carbonyl (C=O) groups is 1. The molecule has 3 atom stereocenters. The molecule has 0 radical (unpaired) electrons. The fourth-order valence-electron chi connectivity index (χ4n) is 3.55. The molecule has 0 saturated heterocycles. The predicted molar refractivity (Wildman–Crippen MR) is 114 cm³/mol. The number of halogens is 1. The summed E-state index contributed by atoms with van der Waals surface area (Å²) >= 11 is 11.5. The van der Waals surface area contributed by atoms with Gasteiger partial charge in [0.2, 0.25) is 0 Å². The van der Waals surface area contributed by atoms with Crippen LogP contribution in [0.3, 0.4) is 0 Å². The topological polar surface area (TPSA) is 71.6 Å². The van der Waals surface area contributed by atoms with Crippen molar-refractivity contribution in [2.45, 2.75) is 39.2 Å². The Kier molecular flexibility index (Phi) is 7.02. The average Bonchev–Trinajstić information content (AvgIpc) is 2.68. The Morgan fingerprint density at radius 1 is 1.21 bits per heavy atom. The van der Waals surface area contributed by atoms with Gasteiger partial charge in [-0.25, -0.2) is 0 Å². The molecule has 1 aromatic rings. The van der Waals surface area contributed by atoms with Crippen LogP contribution >= 0.6 is 23.8 Å². The molecule has 28 heavy (non-hydrogen) atoms. The van der Waals surface area contributed by atoms with E-state index in [1.807, 2.05) is 0 Å². The maximum absolute atomic E-state index is 12.1. The van der Waals surface area contributed by atoms with Gasteiger partial charge in [-0.2, -0.15) is 0 Å². The van der Waals surface area contributed by atoms with Gasteiger partial charge < -0.3 is 14.8 Å². The Labute approximate surface area is 176 Å². The van der Waals surface area contributed by atoms with Crippen LogP contribution in [0.4, 0.5) is 0 Å². The fraction of sp³-hybridized carbons (Fsp3) is 0.500. The van der Waals surface area contributed by atoms with Gasteiger partial charge in [-0.1, -0.05) is 38.3 Å². The van der Waals surface area contributed by atoms with Crippen molar-refractivity contribution in [3.05, 3.63) is 28.8 Å². The van der Waals surface area contributed by atoms with E-state index in [0.717, 1.165) is 12.0 Å². The average molecular weight is 424 g/mol. The van der Waals surface area contributed by atoms with E-state index in [2.05, 4.69) is 30.0 Å². The number of rotatable bonds is 3. The van der Waals surface area contributed by atoms with Crippen LogP contribution < -0.4 is 25.6 Å². The number of nitrogens with one attached hydrogen (secondary N) is 3. The monoisotopic (exact) mass is 423 g/mol. The number of thiocarbonyl (C=S) groups is 1. The standard InChI is InChI=1S/C20H26ClN3O3S/c1-12-4-3-5-16(13(12)2)22-20(28)24-23-18(25)7-6-14-10-15(21)19-17(11-14)26-8-9-27-19/h6-7,10-13,16H,3-5,8-9H2,1-2H3,(H,23,25)(H2,22,24,28)/b7-6+/t12-,13-,16-/m1/s1. The van der Waals surface area contributed by atoms with Crippen LogP contribution in [0.2, 0.25) is 5.02 Å². The van der Waals surface area contributed by atoms with Crippen molar-refractivity contribution in [1.29, 1.82) is 0 Å². The summed E-state index contributed by atoms with van der Waals surface area (Å²) in [5.41, 5.74) is 6.08. The second kappa shape index (κ2) is 9.47. The lowest BCUT2D eigenvalue weighted by Crippen LogP contribution is -2.52. The highest BCUT2D eigenvalue weighted by atomic mass is 35.5. The first kappa shape index (κ1) is 20.7. The number of benzene rings is 1. The van der Waals surface area contributed by atoms with Crippen molar-refractivity contribution >= 4 is 40.9 Å².